The maximum Gasteiger partial charge on any atom is 0.453 e. The number of rotatable bonds is 15. The summed E-state index contributed by atoms with van der Waals surface area (Å²) in [6.45, 7) is 3.89. The first-order valence-electron chi connectivity index (χ1n) is 16.8. The lowest BCUT2D eigenvalue weighted by Crippen LogP contribution is -2.51. The van der Waals surface area contributed by atoms with E-state index in [4.69, 9.17) is 4.74 Å². The number of fused-ring (bicyclic) bond motifs is 5. The number of hydrogen-bond donors (Lipinski definition) is 0. The van der Waals surface area contributed by atoms with Gasteiger partial charge in [-0.1, -0.05) is 51.0 Å². The van der Waals surface area contributed by atoms with Gasteiger partial charge in [-0.25, -0.2) is 0 Å². The van der Waals surface area contributed by atoms with Gasteiger partial charge in [-0.3, -0.25) is 9.59 Å². The van der Waals surface area contributed by atoms with E-state index in [-0.39, 0.29) is 23.9 Å². The van der Waals surface area contributed by atoms with Gasteiger partial charge in [0, 0.05) is 25.2 Å². The molecule has 0 saturated heterocycles. The standard InChI is InChI=1S/C34H51F5O3S/c1-23(40)42-30-15-14-29-31-24(21-25-22-26(41)12-13-27(25)28(31)16-18-32(29,30)2)11-8-6-4-3-5-7-9-19-43-20-10-17-33(35,36)34(37,38)39/h22,24,27-31H,3-21H2,1-2H3/t24-,27?,28?,29?,30-,31?,32-/m0/s1. The lowest BCUT2D eigenvalue weighted by atomic mass is 9.49. The molecule has 0 heterocycles. The molecule has 246 valence electrons. The average Bonchev–Trinajstić information content (AvgIpc) is 3.25. The highest BCUT2D eigenvalue weighted by atomic mass is 32.2. The summed E-state index contributed by atoms with van der Waals surface area (Å²) in [5.74, 6) is -0.301. The Balaban J connectivity index is 1.17. The van der Waals surface area contributed by atoms with Gasteiger partial charge < -0.3 is 4.74 Å². The number of allylic oxidation sites excluding steroid dienone is 1. The summed E-state index contributed by atoms with van der Waals surface area (Å²) < 4.78 is 68.4. The number of carbonyl (C=O) groups excluding carboxylic acids is 2. The zero-order valence-corrected chi connectivity index (χ0v) is 26.8. The second-order valence-electron chi connectivity index (χ2n) is 14.0. The number of thioether (sulfide) groups is 1. The van der Waals surface area contributed by atoms with Gasteiger partial charge in [-0.15, -0.1) is 0 Å². The average molecular weight is 635 g/mol. The van der Waals surface area contributed by atoms with Crippen molar-refractivity contribution >= 4 is 23.5 Å². The molecule has 4 rings (SSSR count). The van der Waals surface area contributed by atoms with E-state index in [1.54, 1.807) is 0 Å². The molecule has 0 spiro atoms. The molecular formula is C34H51F5O3S. The molecule has 0 amide bonds. The van der Waals surface area contributed by atoms with Crippen molar-refractivity contribution in [3.05, 3.63) is 11.6 Å². The monoisotopic (exact) mass is 634 g/mol. The predicted octanol–water partition coefficient (Wildman–Crippen LogP) is 10.1. The van der Waals surface area contributed by atoms with E-state index in [1.165, 1.54) is 56.4 Å². The molecule has 0 bridgehead atoms. The molecule has 4 aliphatic carbocycles. The van der Waals surface area contributed by atoms with Crippen LogP contribution in [0.4, 0.5) is 22.0 Å². The molecule has 9 heteroatoms. The zero-order valence-electron chi connectivity index (χ0n) is 26.0. The van der Waals surface area contributed by atoms with Crippen LogP contribution in [-0.4, -0.2) is 41.5 Å². The maximum absolute atomic E-state index is 12.9. The minimum atomic E-state index is -5.45. The zero-order chi connectivity index (χ0) is 31.3. The highest BCUT2D eigenvalue weighted by molar-refractivity contribution is 7.99. The molecule has 0 N–H and O–H groups in total. The van der Waals surface area contributed by atoms with Gasteiger partial charge in [0.1, 0.15) is 6.10 Å². The van der Waals surface area contributed by atoms with Gasteiger partial charge in [0.15, 0.2) is 5.78 Å². The van der Waals surface area contributed by atoms with E-state index in [1.807, 2.05) is 6.08 Å². The molecule has 0 aromatic rings. The third-order valence-electron chi connectivity index (χ3n) is 11.2. The van der Waals surface area contributed by atoms with Gasteiger partial charge in [0.25, 0.3) is 0 Å². The van der Waals surface area contributed by atoms with Crippen LogP contribution in [0.3, 0.4) is 0 Å². The van der Waals surface area contributed by atoms with E-state index in [2.05, 4.69) is 6.92 Å². The molecule has 0 aromatic carbocycles. The smallest absolute Gasteiger partial charge is 0.453 e. The van der Waals surface area contributed by atoms with Crippen molar-refractivity contribution in [1.29, 1.82) is 0 Å². The van der Waals surface area contributed by atoms with Gasteiger partial charge in [-0.2, -0.15) is 33.7 Å². The van der Waals surface area contributed by atoms with Crippen molar-refractivity contribution in [2.24, 2.45) is 35.0 Å². The van der Waals surface area contributed by atoms with E-state index in [0.717, 1.165) is 63.5 Å². The Kier molecular flexibility index (Phi) is 12.1. The van der Waals surface area contributed by atoms with E-state index in [9.17, 15) is 31.5 Å². The minimum Gasteiger partial charge on any atom is -0.462 e. The Hall–Kier alpha value is -1.12. The van der Waals surface area contributed by atoms with Crippen LogP contribution in [0.15, 0.2) is 11.6 Å². The second-order valence-corrected chi connectivity index (χ2v) is 15.3. The highest BCUT2D eigenvalue weighted by Gasteiger charge is 2.59. The summed E-state index contributed by atoms with van der Waals surface area (Å²) in [5.41, 5.74) is 1.47. The molecule has 4 aliphatic rings. The number of unbranched alkanes of at least 4 members (excludes halogenated alkanes) is 6. The first kappa shape index (κ1) is 34.7. The van der Waals surface area contributed by atoms with Gasteiger partial charge >= 0.3 is 18.1 Å². The van der Waals surface area contributed by atoms with Crippen LogP contribution in [0.1, 0.15) is 123 Å². The summed E-state index contributed by atoms with van der Waals surface area (Å²) in [4.78, 5) is 24.2. The fourth-order valence-corrected chi connectivity index (χ4v) is 10.1. The Morgan fingerprint density at radius 2 is 1.63 bits per heavy atom. The van der Waals surface area contributed by atoms with E-state index >= 15 is 0 Å². The number of alkyl halides is 5. The van der Waals surface area contributed by atoms with Crippen molar-refractivity contribution < 1.29 is 36.3 Å². The fraction of sp³-hybridized carbons (Fsp3) is 0.882. The second kappa shape index (κ2) is 15.0. The molecule has 3 fully saturated rings. The number of hydrogen-bond acceptors (Lipinski definition) is 4. The quantitative estimate of drug-likeness (QED) is 0.102. The number of ether oxygens (including phenoxy) is 1. The van der Waals surface area contributed by atoms with E-state index in [0.29, 0.717) is 47.5 Å². The third kappa shape index (κ3) is 8.58. The number of carbonyl (C=O) groups is 2. The summed E-state index contributed by atoms with van der Waals surface area (Å²) in [5, 5.41) is 0. The van der Waals surface area contributed by atoms with Crippen LogP contribution in [-0.2, 0) is 14.3 Å². The Bertz CT molecular complexity index is 982. The number of ketones is 1. The SMILES string of the molecule is CC(=O)O[C@H]1CCC2C3C(CC[C@@]21C)C1CCC(=O)C=C1C[C@@H]3CCCCCCCCCSCCCC(F)(F)C(F)(F)F. The molecule has 4 unspecified atom stereocenters. The van der Waals surface area contributed by atoms with Crippen molar-refractivity contribution in [3.8, 4) is 0 Å². The molecule has 7 atom stereocenters. The Morgan fingerprint density at radius 3 is 2.33 bits per heavy atom. The third-order valence-corrected chi connectivity index (χ3v) is 12.4. The van der Waals surface area contributed by atoms with Crippen molar-refractivity contribution in [3.63, 3.8) is 0 Å². The van der Waals surface area contributed by atoms with Crippen LogP contribution in [0.5, 0.6) is 0 Å². The maximum atomic E-state index is 12.9. The summed E-state index contributed by atoms with van der Waals surface area (Å²) in [6.07, 6.45) is 11.5. The largest absolute Gasteiger partial charge is 0.462 e. The Morgan fingerprint density at radius 1 is 0.953 bits per heavy atom. The highest BCUT2D eigenvalue weighted by Crippen LogP contribution is 2.64. The van der Waals surface area contributed by atoms with Crippen molar-refractivity contribution in [2.45, 2.75) is 141 Å². The lowest BCUT2D eigenvalue weighted by Gasteiger charge is -2.56. The van der Waals surface area contributed by atoms with Crippen LogP contribution in [0.2, 0.25) is 0 Å². The van der Waals surface area contributed by atoms with Gasteiger partial charge in [0.05, 0.1) is 0 Å². The van der Waals surface area contributed by atoms with Crippen LogP contribution in [0.25, 0.3) is 0 Å². The normalized spacial score (nSPS) is 32.5. The fourth-order valence-electron chi connectivity index (χ4n) is 9.15. The van der Waals surface area contributed by atoms with Crippen LogP contribution < -0.4 is 0 Å². The molecule has 0 aliphatic heterocycles. The summed E-state index contributed by atoms with van der Waals surface area (Å²) in [6, 6.07) is 0. The number of halogens is 5. The molecule has 3 saturated carbocycles. The first-order chi connectivity index (χ1) is 20.3. The van der Waals surface area contributed by atoms with Crippen molar-refractivity contribution in [2.75, 3.05) is 11.5 Å². The van der Waals surface area contributed by atoms with Crippen LogP contribution >= 0.6 is 11.8 Å². The van der Waals surface area contributed by atoms with Gasteiger partial charge in [0.2, 0.25) is 0 Å². The molecule has 0 radical (unpaired) electrons. The summed E-state index contributed by atoms with van der Waals surface area (Å²) in [7, 11) is 0. The lowest BCUT2D eigenvalue weighted by molar-refractivity contribution is -0.284. The molecule has 3 nitrogen and oxygen atoms in total. The molecule has 0 aromatic heterocycles. The molecule has 43 heavy (non-hydrogen) atoms. The predicted molar refractivity (Wildman–Crippen MR) is 161 cm³/mol. The first-order valence-corrected chi connectivity index (χ1v) is 17.9. The van der Waals surface area contributed by atoms with Crippen LogP contribution in [0, 0.1) is 35.0 Å². The summed E-state index contributed by atoms with van der Waals surface area (Å²) >= 11 is 1.47. The van der Waals surface area contributed by atoms with Crippen molar-refractivity contribution in [1.82, 2.24) is 0 Å². The molecular weight excluding hydrogens is 583 g/mol. The topological polar surface area (TPSA) is 43.4 Å². The van der Waals surface area contributed by atoms with E-state index < -0.39 is 18.5 Å². The van der Waals surface area contributed by atoms with Gasteiger partial charge in [-0.05, 0) is 105 Å². The Labute approximate surface area is 258 Å². The minimum absolute atomic E-state index is 0.0269. The number of esters is 1.